The molecule has 0 spiro atoms. The van der Waals surface area contributed by atoms with Gasteiger partial charge in [0.05, 0.1) is 13.2 Å². The zero-order valence-electron chi connectivity index (χ0n) is 16.7. The molecule has 0 radical (unpaired) electrons. The van der Waals surface area contributed by atoms with Crippen molar-refractivity contribution in [1.29, 1.82) is 0 Å². The van der Waals surface area contributed by atoms with Crippen LogP contribution in [0.15, 0.2) is 46.9 Å². The van der Waals surface area contributed by atoms with Gasteiger partial charge in [-0.3, -0.25) is 0 Å². The van der Waals surface area contributed by atoms with Gasteiger partial charge < -0.3 is 24.7 Å². The number of nitrogens with one attached hydrogen (secondary N) is 1. The molecule has 0 unspecified atom stereocenters. The third kappa shape index (κ3) is 4.83. The van der Waals surface area contributed by atoms with Crippen LogP contribution >= 0.6 is 0 Å². The van der Waals surface area contributed by atoms with Crippen molar-refractivity contribution in [3.63, 3.8) is 0 Å². The normalized spacial score (nSPS) is 12.8. The minimum absolute atomic E-state index is 0.0457. The van der Waals surface area contributed by atoms with Gasteiger partial charge in [-0.1, -0.05) is 30.3 Å². The number of aliphatic hydroxyl groups excluding tert-OH is 1. The van der Waals surface area contributed by atoms with Crippen molar-refractivity contribution in [1.82, 2.24) is 5.32 Å². The number of furan rings is 1. The number of carbonyl (C=O) groups excluding carboxylic acids is 1. The van der Waals surface area contributed by atoms with Crippen LogP contribution in [-0.4, -0.2) is 48.2 Å². The highest BCUT2D eigenvalue weighted by atomic mass is 19.4. The van der Waals surface area contributed by atoms with Crippen LogP contribution in [0.3, 0.4) is 0 Å². The Bertz CT molecular complexity index is 1050. The van der Waals surface area contributed by atoms with Gasteiger partial charge in [-0.25, -0.2) is 4.79 Å². The molecule has 3 aromatic rings. The maximum Gasteiger partial charge on any atom is 0.406 e. The summed E-state index contributed by atoms with van der Waals surface area (Å²) in [6.45, 7) is 0.444. The quantitative estimate of drug-likeness (QED) is 0.461. The fraction of sp³-hybridized carbons (Fsp3) is 0.318. The molecule has 0 saturated carbocycles. The smallest absolute Gasteiger partial charge is 0.406 e. The van der Waals surface area contributed by atoms with Gasteiger partial charge in [0.2, 0.25) is 0 Å². The first kappa shape index (κ1) is 22.6. The lowest BCUT2D eigenvalue weighted by Crippen LogP contribution is -2.45. The van der Waals surface area contributed by atoms with E-state index in [1.54, 1.807) is 37.3 Å². The molecule has 0 saturated heterocycles. The summed E-state index contributed by atoms with van der Waals surface area (Å²) in [6.07, 6.45) is -4.66. The van der Waals surface area contributed by atoms with Crippen LogP contribution in [0.1, 0.15) is 22.8 Å². The second-order valence-corrected chi connectivity index (χ2v) is 6.81. The van der Waals surface area contributed by atoms with E-state index in [9.17, 15) is 23.1 Å². The average Bonchev–Trinajstić information content (AvgIpc) is 3.12. The van der Waals surface area contributed by atoms with E-state index >= 15 is 0 Å². The summed E-state index contributed by atoms with van der Waals surface area (Å²) >= 11 is 0. The van der Waals surface area contributed by atoms with Crippen molar-refractivity contribution < 1.29 is 37.3 Å². The SMILES string of the molecule is CCOC(=O)c1c(-c2ccccc2)oc2ccc(O)c(CCN[C@H](CO)C(F)(F)F)c12. The number of phenols is 1. The Kier molecular flexibility index (Phi) is 6.87. The minimum Gasteiger partial charge on any atom is -0.508 e. The Hall–Kier alpha value is -3.04. The molecule has 0 aliphatic heterocycles. The van der Waals surface area contributed by atoms with E-state index < -0.39 is 24.8 Å². The number of ether oxygens (including phenoxy) is 1. The lowest BCUT2D eigenvalue weighted by molar-refractivity contribution is -0.163. The van der Waals surface area contributed by atoms with Crippen LogP contribution in [-0.2, 0) is 11.2 Å². The number of alkyl halides is 3. The minimum atomic E-state index is -4.62. The highest BCUT2D eigenvalue weighted by Gasteiger charge is 2.38. The van der Waals surface area contributed by atoms with Gasteiger partial charge in [0, 0.05) is 16.5 Å². The monoisotopic (exact) mass is 437 g/mol. The van der Waals surface area contributed by atoms with Crippen LogP contribution in [0.4, 0.5) is 13.2 Å². The number of aliphatic hydroxyl groups is 1. The number of hydrogen-bond acceptors (Lipinski definition) is 6. The van der Waals surface area contributed by atoms with E-state index in [2.05, 4.69) is 5.32 Å². The number of fused-ring (bicyclic) bond motifs is 1. The van der Waals surface area contributed by atoms with Crippen LogP contribution in [0.2, 0.25) is 0 Å². The second-order valence-electron chi connectivity index (χ2n) is 6.81. The van der Waals surface area contributed by atoms with Crippen molar-refractivity contribution in [2.24, 2.45) is 0 Å². The summed E-state index contributed by atoms with van der Waals surface area (Å²) in [4.78, 5) is 12.8. The highest BCUT2D eigenvalue weighted by Crippen LogP contribution is 2.39. The lowest BCUT2D eigenvalue weighted by atomic mass is 9.99. The number of hydrogen-bond donors (Lipinski definition) is 3. The third-order valence-electron chi connectivity index (χ3n) is 4.80. The lowest BCUT2D eigenvalue weighted by Gasteiger charge is -2.19. The molecule has 0 aliphatic carbocycles. The molecule has 3 N–H and O–H groups in total. The summed E-state index contributed by atoms with van der Waals surface area (Å²) in [5, 5.41) is 21.9. The molecule has 0 aliphatic rings. The molecule has 3 rings (SSSR count). The molecular weight excluding hydrogens is 415 g/mol. The molecule has 9 heteroatoms. The van der Waals surface area contributed by atoms with E-state index in [1.807, 2.05) is 0 Å². The van der Waals surface area contributed by atoms with Crippen molar-refractivity contribution in [3.8, 4) is 17.1 Å². The number of benzene rings is 2. The first-order chi connectivity index (χ1) is 14.8. The Morgan fingerprint density at radius 1 is 1.19 bits per heavy atom. The van der Waals surface area contributed by atoms with E-state index in [1.165, 1.54) is 12.1 Å². The maximum absolute atomic E-state index is 12.9. The molecule has 1 aromatic heterocycles. The Balaban J connectivity index is 2.06. The molecule has 1 heterocycles. The van der Waals surface area contributed by atoms with E-state index in [4.69, 9.17) is 14.3 Å². The first-order valence-corrected chi connectivity index (χ1v) is 9.68. The molecule has 0 fully saturated rings. The third-order valence-corrected chi connectivity index (χ3v) is 4.80. The first-order valence-electron chi connectivity index (χ1n) is 9.68. The van der Waals surface area contributed by atoms with Crippen molar-refractivity contribution in [2.45, 2.75) is 25.6 Å². The summed E-state index contributed by atoms with van der Waals surface area (Å²) in [5.41, 5.74) is 1.26. The number of esters is 1. The predicted octanol–water partition coefficient (Wildman–Crippen LogP) is 4.04. The van der Waals surface area contributed by atoms with Gasteiger partial charge in [-0.05, 0) is 32.0 Å². The molecule has 0 bridgehead atoms. The maximum atomic E-state index is 12.9. The standard InChI is InChI=1S/C22H22F3NO5/c1-2-30-21(29)19-18-14(10-11-26-17(12-27)22(23,24)25)15(28)8-9-16(18)31-20(19)13-6-4-3-5-7-13/h3-9,17,26-28H,2,10-12H2,1H3/t17-/m1/s1. The van der Waals surface area contributed by atoms with Gasteiger partial charge in [0.25, 0.3) is 0 Å². The molecule has 6 nitrogen and oxygen atoms in total. The van der Waals surface area contributed by atoms with Gasteiger partial charge in [0.15, 0.2) is 0 Å². The average molecular weight is 437 g/mol. The number of carbonyl (C=O) groups is 1. The van der Waals surface area contributed by atoms with E-state index in [0.29, 0.717) is 11.1 Å². The molecule has 0 amide bonds. The summed E-state index contributed by atoms with van der Waals surface area (Å²) in [7, 11) is 0. The second kappa shape index (κ2) is 9.40. The Morgan fingerprint density at radius 3 is 2.52 bits per heavy atom. The molecule has 2 aromatic carbocycles. The Labute approximate surface area is 176 Å². The number of rotatable bonds is 8. The topological polar surface area (TPSA) is 91.9 Å². The number of halogens is 3. The highest BCUT2D eigenvalue weighted by molar-refractivity contribution is 6.10. The summed E-state index contributed by atoms with van der Waals surface area (Å²) < 4.78 is 49.7. The van der Waals surface area contributed by atoms with E-state index in [-0.39, 0.29) is 47.6 Å². The fourth-order valence-corrected chi connectivity index (χ4v) is 3.35. The van der Waals surface area contributed by atoms with Crippen molar-refractivity contribution >= 4 is 16.9 Å². The largest absolute Gasteiger partial charge is 0.508 e. The van der Waals surface area contributed by atoms with Crippen LogP contribution in [0.5, 0.6) is 5.75 Å². The number of aromatic hydroxyl groups is 1. The molecule has 31 heavy (non-hydrogen) atoms. The van der Waals surface area contributed by atoms with E-state index in [0.717, 1.165) is 0 Å². The number of phenolic OH excluding ortho intramolecular Hbond substituents is 1. The van der Waals surface area contributed by atoms with Gasteiger partial charge >= 0.3 is 12.1 Å². The molecule has 166 valence electrons. The van der Waals surface area contributed by atoms with Crippen LogP contribution < -0.4 is 5.32 Å². The fourth-order valence-electron chi connectivity index (χ4n) is 3.35. The summed E-state index contributed by atoms with van der Waals surface area (Å²) in [5.74, 6) is -0.603. The van der Waals surface area contributed by atoms with Crippen LogP contribution in [0.25, 0.3) is 22.3 Å². The Morgan fingerprint density at radius 2 is 1.90 bits per heavy atom. The molecular formula is C22H22F3NO5. The zero-order valence-corrected chi connectivity index (χ0v) is 16.7. The summed E-state index contributed by atoms with van der Waals surface area (Å²) in [6, 6.07) is 9.59. The van der Waals surface area contributed by atoms with Gasteiger partial charge in [0.1, 0.15) is 28.7 Å². The van der Waals surface area contributed by atoms with Crippen molar-refractivity contribution in [3.05, 3.63) is 53.6 Å². The van der Waals surface area contributed by atoms with Crippen molar-refractivity contribution in [2.75, 3.05) is 19.8 Å². The predicted molar refractivity (Wildman–Crippen MR) is 108 cm³/mol. The van der Waals surface area contributed by atoms with Gasteiger partial charge in [-0.2, -0.15) is 13.2 Å². The van der Waals surface area contributed by atoms with Crippen LogP contribution in [0, 0.1) is 0 Å². The van der Waals surface area contributed by atoms with Gasteiger partial charge in [-0.15, -0.1) is 0 Å². The molecule has 1 atom stereocenters. The zero-order chi connectivity index (χ0) is 22.6.